The Morgan fingerprint density at radius 3 is 2.93 bits per heavy atom. The zero-order valence-corrected chi connectivity index (χ0v) is 9.53. The van der Waals surface area contributed by atoms with Crippen molar-refractivity contribution in [2.24, 2.45) is 0 Å². The maximum absolute atomic E-state index is 10.7. The molecular weight excluding hydrogens is 262 g/mol. The van der Waals surface area contributed by atoms with Crippen molar-refractivity contribution >= 4 is 21.9 Å². The zero-order valence-electron chi connectivity index (χ0n) is 7.94. The molecule has 2 rings (SSSR count). The van der Waals surface area contributed by atoms with Crippen molar-refractivity contribution in [2.75, 3.05) is 6.61 Å². The smallest absolute Gasteiger partial charge is 0.354 e. The lowest BCUT2D eigenvalue weighted by atomic mass is 10.1. The van der Waals surface area contributed by atoms with Crippen molar-refractivity contribution in [3.63, 3.8) is 0 Å². The van der Waals surface area contributed by atoms with E-state index in [1.165, 1.54) is 6.07 Å². The van der Waals surface area contributed by atoms with E-state index in [1.54, 1.807) is 6.07 Å². The normalized spacial score (nSPS) is 20.5. The summed E-state index contributed by atoms with van der Waals surface area (Å²) in [4.78, 5) is 14.6. The molecule has 1 N–H and O–H groups in total. The molecule has 1 unspecified atom stereocenters. The molecule has 1 saturated heterocycles. The molecule has 1 atom stereocenters. The number of hydrogen-bond acceptors (Lipinski definition) is 3. The van der Waals surface area contributed by atoms with Crippen molar-refractivity contribution in [3.8, 4) is 0 Å². The van der Waals surface area contributed by atoms with Crippen LogP contribution in [-0.2, 0) is 4.74 Å². The summed E-state index contributed by atoms with van der Waals surface area (Å²) in [5.74, 6) is -1.02. The molecule has 0 bridgehead atoms. The van der Waals surface area contributed by atoms with Crippen LogP contribution in [0.25, 0.3) is 0 Å². The zero-order chi connectivity index (χ0) is 10.8. The van der Waals surface area contributed by atoms with Gasteiger partial charge in [0.1, 0.15) is 10.3 Å². The molecule has 5 heteroatoms. The van der Waals surface area contributed by atoms with Gasteiger partial charge in [-0.15, -0.1) is 0 Å². The van der Waals surface area contributed by atoms with E-state index >= 15 is 0 Å². The summed E-state index contributed by atoms with van der Waals surface area (Å²) >= 11 is 3.27. The van der Waals surface area contributed by atoms with Crippen molar-refractivity contribution in [3.05, 3.63) is 28.0 Å². The predicted molar refractivity (Wildman–Crippen MR) is 56.8 cm³/mol. The lowest BCUT2D eigenvalue weighted by Gasteiger charge is -2.11. The van der Waals surface area contributed by atoms with Crippen LogP contribution in [0.4, 0.5) is 0 Å². The van der Waals surface area contributed by atoms with E-state index in [-0.39, 0.29) is 11.8 Å². The molecule has 1 aromatic rings. The standard InChI is InChI=1S/C10H10BrNO3/c11-9-6(8-2-1-5-15-8)3-4-7(12-9)10(13)14/h3-4,8H,1-2,5H2,(H,13,14). The number of hydrogen-bond donors (Lipinski definition) is 1. The summed E-state index contributed by atoms with van der Waals surface area (Å²) in [5, 5.41) is 8.75. The van der Waals surface area contributed by atoms with E-state index in [2.05, 4.69) is 20.9 Å². The van der Waals surface area contributed by atoms with Gasteiger partial charge in [-0.1, -0.05) is 6.07 Å². The third-order valence-electron chi connectivity index (χ3n) is 2.37. The Morgan fingerprint density at radius 1 is 1.60 bits per heavy atom. The number of nitrogens with zero attached hydrogens (tertiary/aromatic N) is 1. The number of halogens is 1. The van der Waals surface area contributed by atoms with Gasteiger partial charge in [0.15, 0.2) is 0 Å². The van der Waals surface area contributed by atoms with E-state index < -0.39 is 5.97 Å². The molecule has 2 heterocycles. The van der Waals surface area contributed by atoms with E-state index in [9.17, 15) is 4.79 Å². The minimum atomic E-state index is -1.02. The van der Waals surface area contributed by atoms with Crippen LogP contribution < -0.4 is 0 Å². The predicted octanol–water partition coefficient (Wildman–Crippen LogP) is 2.39. The van der Waals surface area contributed by atoms with Crippen LogP contribution in [0.1, 0.15) is 35.0 Å². The van der Waals surface area contributed by atoms with Crippen LogP contribution in [0.5, 0.6) is 0 Å². The highest BCUT2D eigenvalue weighted by Crippen LogP contribution is 2.32. The van der Waals surface area contributed by atoms with Crippen molar-refractivity contribution < 1.29 is 14.6 Å². The number of aromatic carboxylic acids is 1. The van der Waals surface area contributed by atoms with Gasteiger partial charge in [-0.2, -0.15) is 0 Å². The van der Waals surface area contributed by atoms with Gasteiger partial charge < -0.3 is 9.84 Å². The molecule has 0 amide bonds. The Balaban J connectivity index is 2.29. The fourth-order valence-corrected chi connectivity index (χ4v) is 2.21. The average Bonchev–Trinajstić information content (AvgIpc) is 2.70. The van der Waals surface area contributed by atoms with Gasteiger partial charge in [-0.25, -0.2) is 9.78 Å². The minimum Gasteiger partial charge on any atom is -0.477 e. The van der Waals surface area contributed by atoms with Gasteiger partial charge in [0, 0.05) is 12.2 Å². The molecule has 1 fully saturated rings. The summed E-state index contributed by atoms with van der Waals surface area (Å²) in [6.45, 7) is 0.762. The molecule has 0 aromatic carbocycles. The summed E-state index contributed by atoms with van der Waals surface area (Å²) in [6.07, 6.45) is 2.06. The molecule has 15 heavy (non-hydrogen) atoms. The molecule has 1 aromatic heterocycles. The van der Waals surface area contributed by atoms with Crippen LogP contribution >= 0.6 is 15.9 Å². The number of rotatable bonds is 2. The van der Waals surface area contributed by atoms with E-state index in [4.69, 9.17) is 9.84 Å². The van der Waals surface area contributed by atoms with Crippen LogP contribution in [0.2, 0.25) is 0 Å². The Morgan fingerprint density at radius 2 is 2.40 bits per heavy atom. The molecule has 80 valence electrons. The second-order valence-electron chi connectivity index (χ2n) is 3.38. The lowest BCUT2D eigenvalue weighted by Crippen LogP contribution is -2.04. The third kappa shape index (κ3) is 2.18. The maximum atomic E-state index is 10.7. The fourth-order valence-electron chi connectivity index (χ4n) is 1.63. The first-order valence-corrected chi connectivity index (χ1v) is 5.49. The molecule has 0 spiro atoms. The molecule has 0 radical (unpaired) electrons. The lowest BCUT2D eigenvalue weighted by molar-refractivity contribution is 0.0689. The largest absolute Gasteiger partial charge is 0.477 e. The summed E-state index contributed by atoms with van der Waals surface area (Å²) in [5.41, 5.74) is 0.973. The topological polar surface area (TPSA) is 59.4 Å². The first-order chi connectivity index (χ1) is 7.18. The van der Waals surface area contributed by atoms with Gasteiger partial charge in [0.05, 0.1) is 6.10 Å². The fraction of sp³-hybridized carbons (Fsp3) is 0.400. The van der Waals surface area contributed by atoms with E-state index in [0.717, 1.165) is 25.0 Å². The molecule has 0 aliphatic carbocycles. The Hall–Kier alpha value is -0.940. The molecule has 4 nitrogen and oxygen atoms in total. The number of pyridine rings is 1. The number of aromatic nitrogens is 1. The van der Waals surface area contributed by atoms with Crippen LogP contribution in [0.15, 0.2) is 16.7 Å². The van der Waals surface area contributed by atoms with Crippen LogP contribution in [-0.4, -0.2) is 22.7 Å². The number of carboxylic acids is 1. The third-order valence-corrected chi connectivity index (χ3v) is 3.01. The second-order valence-corrected chi connectivity index (χ2v) is 4.13. The summed E-state index contributed by atoms with van der Waals surface area (Å²) in [6, 6.07) is 3.26. The number of ether oxygens (including phenoxy) is 1. The van der Waals surface area contributed by atoms with Crippen molar-refractivity contribution in [1.29, 1.82) is 0 Å². The van der Waals surface area contributed by atoms with Crippen LogP contribution in [0, 0.1) is 0 Å². The minimum absolute atomic E-state index is 0.0450. The molecule has 1 aliphatic rings. The SMILES string of the molecule is O=C(O)c1ccc(C2CCCO2)c(Br)n1. The van der Waals surface area contributed by atoms with E-state index in [1.807, 2.05) is 0 Å². The van der Waals surface area contributed by atoms with Crippen molar-refractivity contribution in [2.45, 2.75) is 18.9 Å². The molecule has 1 aliphatic heterocycles. The Kier molecular flexibility index (Phi) is 3.02. The summed E-state index contributed by atoms with van der Waals surface area (Å²) < 4.78 is 6.07. The first kappa shape index (κ1) is 10.6. The van der Waals surface area contributed by atoms with Gasteiger partial charge in [-0.05, 0) is 34.8 Å². The van der Waals surface area contributed by atoms with Crippen LogP contribution in [0.3, 0.4) is 0 Å². The Labute approximate surface area is 95.4 Å². The highest BCUT2D eigenvalue weighted by atomic mass is 79.9. The number of carboxylic acid groups (broad SMARTS) is 1. The van der Waals surface area contributed by atoms with Gasteiger partial charge in [-0.3, -0.25) is 0 Å². The van der Waals surface area contributed by atoms with Gasteiger partial charge >= 0.3 is 5.97 Å². The quantitative estimate of drug-likeness (QED) is 0.840. The molecule has 0 saturated carbocycles. The highest BCUT2D eigenvalue weighted by Gasteiger charge is 2.21. The first-order valence-electron chi connectivity index (χ1n) is 4.70. The van der Waals surface area contributed by atoms with E-state index in [0.29, 0.717) is 4.60 Å². The highest BCUT2D eigenvalue weighted by molar-refractivity contribution is 9.10. The maximum Gasteiger partial charge on any atom is 0.354 e. The Bertz CT molecular complexity index is 388. The summed E-state index contributed by atoms with van der Waals surface area (Å²) in [7, 11) is 0. The van der Waals surface area contributed by atoms with Gasteiger partial charge in [0.25, 0.3) is 0 Å². The average molecular weight is 272 g/mol. The van der Waals surface area contributed by atoms with Gasteiger partial charge in [0.2, 0.25) is 0 Å². The number of carbonyl (C=O) groups is 1. The van der Waals surface area contributed by atoms with Crippen molar-refractivity contribution in [1.82, 2.24) is 4.98 Å². The molecular formula is C10H10BrNO3. The monoisotopic (exact) mass is 271 g/mol. The second kappa shape index (κ2) is 4.28.